The average Bonchev–Trinajstić information content (AvgIpc) is 2.69. The highest BCUT2D eigenvalue weighted by Gasteiger charge is 2.25. The van der Waals surface area contributed by atoms with Crippen molar-refractivity contribution in [2.75, 3.05) is 31.1 Å². The lowest BCUT2D eigenvalue weighted by atomic mass is 10.1. The molecule has 0 saturated carbocycles. The molecule has 0 N–H and O–H groups in total. The molecule has 2 aromatic rings. The van der Waals surface area contributed by atoms with Crippen LogP contribution >= 0.6 is 11.8 Å². The summed E-state index contributed by atoms with van der Waals surface area (Å²) in [6.45, 7) is 8.71. The van der Waals surface area contributed by atoms with Crippen LogP contribution in [0.2, 0.25) is 0 Å². The molecule has 0 bridgehead atoms. The van der Waals surface area contributed by atoms with Gasteiger partial charge in [-0.1, -0.05) is 17.7 Å². The number of carbonyl (C=O) groups excluding carboxylic acids is 2. The summed E-state index contributed by atoms with van der Waals surface area (Å²) < 4.78 is 0. The summed E-state index contributed by atoms with van der Waals surface area (Å²) >= 11 is 1.62. The molecule has 0 radical (unpaired) electrons. The zero-order valence-corrected chi connectivity index (χ0v) is 17.0. The second-order valence-corrected chi connectivity index (χ2v) is 8.40. The normalized spacial score (nSPS) is 15.5. The van der Waals surface area contributed by atoms with Gasteiger partial charge in [-0.15, -0.1) is 11.8 Å². The van der Waals surface area contributed by atoms with Crippen LogP contribution in [0, 0.1) is 6.92 Å². The minimum Gasteiger partial charge on any atom is -0.368 e. The molecule has 1 aliphatic heterocycles. The van der Waals surface area contributed by atoms with E-state index in [0.717, 1.165) is 42.3 Å². The number of hydrogen-bond donors (Lipinski definition) is 0. The van der Waals surface area contributed by atoms with Crippen molar-refractivity contribution in [3.63, 3.8) is 0 Å². The lowest BCUT2D eigenvalue weighted by Crippen LogP contribution is -2.50. The first-order valence-corrected chi connectivity index (χ1v) is 10.2. The van der Waals surface area contributed by atoms with Crippen LogP contribution < -0.4 is 4.90 Å². The molecule has 5 heteroatoms. The van der Waals surface area contributed by atoms with Gasteiger partial charge in [0, 0.05) is 42.3 Å². The van der Waals surface area contributed by atoms with E-state index in [1.165, 1.54) is 5.56 Å². The van der Waals surface area contributed by atoms with E-state index in [9.17, 15) is 9.59 Å². The van der Waals surface area contributed by atoms with Crippen LogP contribution in [0.25, 0.3) is 0 Å². The van der Waals surface area contributed by atoms with Crippen LogP contribution in [0.4, 0.5) is 5.69 Å². The number of rotatable bonds is 5. The van der Waals surface area contributed by atoms with E-state index < -0.39 is 0 Å². The number of benzene rings is 2. The molecule has 1 heterocycles. The first kappa shape index (κ1) is 19.5. The Morgan fingerprint density at radius 3 is 2.07 bits per heavy atom. The highest BCUT2D eigenvalue weighted by Crippen LogP contribution is 2.25. The van der Waals surface area contributed by atoms with Gasteiger partial charge in [0.2, 0.25) is 5.91 Å². The fourth-order valence-electron chi connectivity index (χ4n) is 3.22. The van der Waals surface area contributed by atoms with Crippen molar-refractivity contribution in [3.05, 3.63) is 59.7 Å². The van der Waals surface area contributed by atoms with E-state index in [4.69, 9.17) is 0 Å². The molecule has 1 amide bonds. The Kier molecular flexibility index (Phi) is 6.22. The van der Waals surface area contributed by atoms with Crippen molar-refractivity contribution in [1.82, 2.24) is 4.90 Å². The molecule has 0 aliphatic carbocycles. The number of thioether (sulfide) groups is 1. The Labute approximate surface area is 165 Å². The minimum absolute atomic E-state index is 0.0806. The molecule has 1 aliphatic rings. The molecular formula is C22H26N2O2S. The summed E-state index contributed by atoms with van der Waals surface area (Å²) in [5.41, 5.74) is 3.06. The van der Waals surface area contributed by atoms with Gasteiger partial charge in [-0.05, 0) is 57.2 Å². The number of aryl methyl sites for hydroxylation is 1. The second-order valence-electron chi connectivity index (χ2n) is 6.99. The molecular weight excluding hydrogens is 356 g/mol. The number of anilines is 1. The fraction of sp³-hybridized carbons (Fsp3) is 0.364. The first-order valence-electron chi connectivity index (χ1n) is 9.32. The van der Waals surface area contributed by atoms with Crippen LogP contribution in [0.3, 0.4) is 0 Å². The lowest BCUT2D eigenvalue weighted by Gasteiger charge is -2.37. The van der Waals surface area contributed by atoms with Crippen molar-refractivity contribution in [2.24, 2.45) is 0 Å². The number of piperazine rings is 1. The van der Waals surface area contributed by atoms with Gasteiger partial charge in [-0.2, -0.15) is 0 Å². The van der Waals surface area contributed by atoms with Crippen LogP contribution in [0.5, 0.6) is 0 Å². The molecule has 0 unspecified atom stereocenters. The minimum atomic E-state index is -0.0888. The van der Waals surface area contributed by atoms with Crippen molar-refractivity contribution < 1.29 is 9.59 Å². The van der Waals surface area contributed by atoms with E-state index in [-0.39, 0.29) is 16.9 Å². The molecule has 1 atom stereocenters. The van der Waals surface area contributed by atoms with E-state index in [2.05, 4.69) is 36.1 Å². The summed E-state index contributed by atoms with van der Waals surface area (Å²) in [5, 5.41) is -0.0888. The van der Waals surface area contributed by atoms with Crippen molar-refractivity contribution >= 4 is 29.1 Å². The monoisotopic (exact) mass is 382 g/mol. The number of carbonyl (C=O) groups is 2. The molecule has 0 aromatic heterocycles. The lowest BCUT2D eigenvalue weighted by molar-refractivity contribution is -0.130. The Hall–Kier alpha value is -2.27. The second kappa shape index (κ2) is 8.61. The van der Waals surface area contributed by atoms with Gasteiger partial charge < -0.3 is 9.80 Å². The predicted molar refractivity (Wildman–Crippen MR) is 112 cm³/mol. The largest absolute Gasteiger partial charge is 0.368 e. The smallest absolute Gasteiger partial charge is 0.235 e. The summed E-state index contributed by atoms with van der Waals surface area (Å²) in [5.74, 6) is 0.282. The number of amides is 1. The summed E-state index contributed by atoms with van der Waals surface area (Å²) in [6, 6.07) is 16.0. The summed E-state index contributed by atoms with van der Waals surface area (Å²) in [4.78, 5) is 29.5. The number of hydrogen-bond acceptors (Lipinski definition) is 4. The maximum atomic E-state index is 12.8. The van der Waals surface area contributed by atoms with Gasteiger partial charge in [0.25, 0.3) is 0 Å². The molecule has 1 saturated heterocycles. The zero-order valence-electron chi connectivity index (χ0n) is 16.1. The third-order valence-corrected chi connectivity index (χ3v) is 6.01. The first-order chi connectivity index (χ1) is 12.9. The van der Waals surface area contributed by atoms with E-state index in [0.29, 0.717) is 0 Å². The fourth-order valence-corrected chi connectivity index (χ4v) is 4.17. The predicted octanol–water partition coefficient (Wildman–Crippen LogP) is 4.03. The molecule has 142 valence electrons. The van der Waals surface area contributed by atoms with Crippen molar-refractivity contribution in [1.29, 1.82) is 0 Å². The van der Waals surface area contributed by atoms with Crippen molar-refractivity contribution in [2.45, 2.75) is 30.9 Å². The third kappa shape index (κ3) is 4.92. The maximum absolute atomic E-state index is 12.8. The molecule has 1 fully saturated rings. The quantitative estimate of drug-likeness (QED) is 0.578. The SMILES string of the molecule is CC(=O)c1ccc(N2CCN(C(=O)[C@@H](C)Sc3ccc(C)cc3)CC2)cc1. The molecule has 27 heavy (non-hydrogen) atoms. The van der Waals surface area contributed by atoms with Crippen LogP contribution in [-0.4, -0.2) is 48.0 Å². The van der Waals surface area contributed by atoms with Crippen LogP contribution in [0.1, 0.15) is 29.8 Å². The molecule has 2 aromatic carbocycles. The third-order valence-electron chi connectivity index (χ3n) is 4.91. The topological polar surface area (TPSA) is 40.6 Å². The van der Waals surface area contributed by atoms with Crippen LogP contribution in [-0.2, 0) is 4.79 Å². The van der Waals surface area contributed by atoms with Gasteiger partial charge in [-0.3, -0.25) is 9.59 Å². The molecule has 3 rings (SSSR count). The van der Waals surface area contributed by atoms with Gasteiger partial charge >= 0.3 is 0 Å². The standard InChI is InChI=1S/C22H26N2O2S/c1-16-4-10-21(11-5-16)27-18(3)22(26)24-14-12-23(13-15-24)20-8-6-19(7-9-20)17(2)25/h4-11,18H,12-15H2,1-3H3/t18-/m1/s1. The highest BCUT2D eigenvalue weighted by molar-refractivity contribution is 8.00. The van der Waals surface area contributed by atoms with Gasteiger partial charge in [0.15, 0.2) is 5.78 Å². The Morgan fingerprint density at radius 1 is 0.926 bits per heavy atom. The highest BCUT2D eigenvalue weighted by atomic mass is 32.2. The Bertz CT molecular complexity index is 794. The van der Waals surface area contributed by atoms with Crippen LogP contribution in [0.15, 0.2) is 53.4 Å². The van der Waals surface area contributed by atoms with Crippen molar-refractivity contribution in [3.8, 4) is 0 Å². The maximum Gasteiger partial charge on any atom is 0.235 e. The van der Waals surface area contributed by atoms with E-state index >= 15 is 0 Å². The number of Topliss-reactive ketones (excluding diaryl/α,β-unsaturated/α-hetero) is 1. The van der Waals surface area contributed by atoms with Gasteiger partial charge in [0.1, 0.15) is 0 Å². The van der Waals surface area contributed by atoms with Gasteiger partial charge in [-0.25, -0.2) is 0 Å². The average molecular weight is 383 g/mol. The molecule has 0 spiro atoms. The van der Waals surface area contributed by atoms with E-state index in [1.807, 2.05) is 36.1 Å². The summed E-state index contributed by atoms with van der Waals surface area (Å²) in [6.07, 6.45) is 0. The van der Waals surface area contributed by atoms with E-state index in [1.54, 1.807) is 18.7 Å². The number of ketones is 1. The summed E-state index contributed by atoms with van der Waals surface area (Å²) in [7, 11) is 0. The number of nitrogens with zero attached hydrogens (tertiary/aromatic N) is 2. The van der Waals surface area contributed by atoms with Gasteiger partial charge in [0.05, 0.1) is 5.25 Å². The Morgan fingerprint density at radius 2 is 1.52 bits per heavy atom. The Balaban J connectivity index is 1.54. The zero-order chi connectivity index (χ0) is 19.4. The molecule has 4 nitrogen and oxygen atoms in total.